The van der Waals surface area contributed by atoms with Crippen molar-refractivity contribution in [3.05, 3.63) is 76.9 Å². The van der Waals surface area contributed by atoms with Crippen LogP contribution in [0.3, 0.4) is 0 Å². The van der Waals surface area contributed by atoms with Crippen LogP contribution in [0.1, 0.15) is 29.6 Å². The number of benzene rings is 2. The van der Waals surface area contributed by atoms with Gasteiger partial charge < -0.3 is 9.26 Å². The summed E-state index contributed by atoms with van der Waals surface area (Å²) in [4.78, 5) is 6.77. The van der Waals surface area contributed by atoms with Crippen LogP contribution in [0.4, 0.5) is 0 Å². The number of aromatic nitrogens is 2. The van der Waals surface area contributed by atoms with E-state index in [9.17, 15) is 0 Å². The van der Waals surface area contributed by atoms with Crippen LogP contribution in [0.2, 0.25) is 5.02 Å². The molecule has 0 amide bonds. The lowest BCUT2D eigenvalue weighted by atomic mass is 9.99. The fourth-order valence-electron chi connectivity index (χ4n) is 3.28. The zero-order chi connectivity index (χ0) is 17.8. The molecule has 0 bridgehead atoms. The summed E-state index contributed by atoms with van der Waals surface area (Å²) in [6.45, 7) is 2.95. The summed E-state index contributed by atoms with van der Waals surface area (Å²) in [5, 5.41) is 4.80. The van der Waals surface area contributed by atoms with Crippen LogP contribution in [-0.4, -0.2) is 28.1 Å². The SMILES string of the molecule is Clc1cccc(C2CCN(Cc3nc(COc4ccccc4)no3)C2)c1. The predicted octanol–water partition coefficient (Wildman–Crippen LogP) is 4.29. The number of likely N-dealkylation sites (tertiary alicyclic amines) is 1. The normalized spacial score (nSPS) is 17.5. The highest BCUT2D eigenvalue weighted by Crippen LogP contribution is 2.29. The maximum atomic E-state index is 6.11. The van der Waals surface area contributed by atoms with E-state index in [0.717, 1.165) is 30.3 Å². The molecule has 6 heteroatoms. The molecule has 0 saturated carbocycles. The van der Waals surface area contributed by atoms with Crippen LogP contribution in [0.25, 0.3) is 0 Å². The third-order valence-corrected chi connectivity index (χ3v) is 4.81. The Hall–Kier alpha value is -2.37. The van der Waals surface area contributed by atoms with Gasteiger partial charge in [0, 0.05) is 11.6 Å². The Balaban J connectivity index is 1.30. The van der Waals surface area contributed by atoms with E-state index >= 15 is 0 Å². The molecule has 1 atom stereocenters. The second-order valence-corrected chi connectivity index (χ2v) is 6.92. The predicted molar refractivity (Wildman–Crippen MR) is 99.2 cm³/mol. The van der Waals surface area contributed by atoms with Crippen molar-refractivity contribution < 1.29 is 9.26 Å². The molecule has 3 aromatic rings. The Labute approximate surface area is 157 Å². The molecule has 0 aliphatic carbocycles. The van der Waals surface area contributed by atoms with E-state index in [1.54, 1.807) is 0 Å². The molecule has 26 heavy (non-hydrogen) atoms. The molecular weight excluding hydrogens is 350 g/mol. The Morgan fingerprint density at radius 1 is 1.15 bits per heavy atom. The molecule has 1 saturated heterocycles. The van der Waals surface area contributed by atoms with Gasteiger partial charge in [0.1, 0.15) is 5.75 Å². The average molecular weight is 370 g/mol. The fourth-order valence-corrected chi connectivity index (χ4v) is 3.48. The summed E-state index contributed by atoms with van der Waals surface area (Å²) < 4.78 is 11.0. The molecule has 1 aliphatic rings. The molecule has 1 unspecified atom stereocenters. The second kappa shape index (κ2) is 7.89. The molecule has 0 spiro atoms. The third kappa shape index (κ3) is 4.23. The molecular formula is C20H20ClN3O2. The van der Waals surface area contributed by atoms with Crippen LogP contribution in [0.15, 0.2) is 59.1 Å². The quantitative estimate of drug-likeness (QED) is 0.648. The highest BCUT2D eigenvalue weighted by Gasteiger charge is 2.25. The summed E-state index contributed by atoms with van der Waals surface area (Å²) in [7, 11) is 0. The molecule has 0 N–H and O–H groups in total. The van der Waals surface area contributed by atoms with Gasteiger partial charge in [0.05, 0.1) is 6.54 Å². The van der Waals surface area contributed by atoms with Crippen molar-refractivity contribution in [1.29, 1.82) is 0 Å². The summed E-state index contributed by atoms with van der Waals surface area (Å²) >= 11 is 6.11. The van der Waals surface area contributed by atoms with Gasteiger partial charge in [-0.05, 0) is 48.7 Å². The summed E-state index contributed by atoms with van der Waals surface area (Å²) in [5.41, 5.74) is 1.29. The van der Waals surface area contributed by atoms with Gasteiger partial charge in [-0.25, -0.2) is 0 Å². The zero-order valence-electron chi connectivity index (χ0n) is 14.3. The molecule has 1 aliphatic heterocycles. The lowest BCUT2D eigenvalue weighted by Crippen LogP contribution is -2.20. The third-order valence-electron chi connectivity index (χ3n) is 4.57. The molecule has 134 valence electrons. The standard InChI is InChI=1S/C20H20ClN3O2/c21-17-6-4-5-15(11-17)16-9-10-24(12-16)13-20-22-19(23-26-20)14-25-18-7-2-1-3-8-18/h1-8,11,16H,9-10,12-14H2. The van der Waals surface area contributed by atoms with Crippen molar-refractivity contribution in [1.82, 2.24) is 15.0 Å². The van der Waals surface area contributed by atoms with Gasteiger partial charge in [0.15, 0.2) is 6.61 Å². The van der Waals surface area contributed by atoms with E-state index in [-0.39, 0.29) is 0 Å². The number of nitrogens with zero attached hydrogens (tertiary/aromatic N) is 3. The molecule has 2 aromatic carbocycles. The zero-order valence-corrected chi connectivity index (χ0v) is 15.1. The molecule has 1 aromatic heterocycles. The smallest absolute Gasteiger partial charge is 0.240 e. The Morgan fingerprint density at radius 3 is 2.88 bits per heavy atom. The highest BCUT2D eigenvalue weighted by molar-refractivity contribution is 6.30. The average Bonchev–Trinajstić information content (AvgIpc) is 3.31. The van der Waals surface area contributed by atoms with Crippen molar-refractivity contribution in [2.24, 2.45) is 0 Å². The molecule has 5 nitrogen and oxygen atoms in total. The van der Waals surface area contributed by atoms with Crippen LogP contribution < -0.4 is 4.74 Å². The lowest BCUT2D eigenvalue weighted by molar-refractivity contribution is 0.260. The van der Waals surface area contributed by atoms with E-state index in [4.69, 9.17) is 20.9 Å². The molecule has 4 rings (SSSR count). The first-order valence-electron chi connectivity index (χ1n) is 8.73. The highest BCUT2D eigenvalue weighted by atomic mass is 35.5. The number of halogens is 1. The first-order chi connectivity index (χ1) is 12.8. The van der Waals surface area contributed by atoms with Crippen molar-refractivity contribution in [2.45, 2.75) is 25.5 Å². The van der Waals surface area contributed by atoms with Gasteiger partial charge >= 0.3 is 0 Å². The minimum absolute atomic E-state index is 0.304. The first kappa shape index (κ1) is 17.1. The van der Waals surface area contributed by atoms with E-state index in [1.807, 2.05) is 42.5 Å². The maximum Gasteiger partial charge on any atom is 0.240 e. The topological polar surface area (TPSA) is 51.4 Å². The van der Waals surface area contributed by atoms with E-state index < -0.39 is 0 Å². The van der Waals surface area contributed by atoms with Crippen molar-refractivity contribution in [3.8, 4) is 5.75 Å². The monoisotopic (exact) mass is 369 g/mol. The minimum atomic E-state index is 0.304. The van der Waals surface area contributed by atoms with Crippen molar-refractivity contribution in [3.63, 3.8) is 0 Å². The number of hydrogen-bond acceptors (Lipinski definition) is 5. The first-order valence-corrected chi connectivity index (χ1v) is 9.11. The molecule has 2 heterocycles. The number of rotatable bonds is 6. The van der Waals surface area contributed by atoms with Gasteiger partial charge in [-0.3, -0.25) is 4.90 Å². The van der Waals surface area contributed by atoms with Crippen LogP contribution in [-0.2, 0) is 13.2 Å². The molecule has 1 fully saturated rings. The van der Waals surface area contributed by atoms with Gasteiger partial charge in [-0.15, -0.1) is 0 Å². The maximum absolute atomic E-state index is 6.11. The molecule has 0 radical (unpaired) electrons. The van der Waals surface area contributed by atoms with Crippen LogP contribution in [0, 0.1) is 0 Å². The largest absolute Gasteiger partial charge is 0.485 e. The van der Waals surface area contributed by atoms with Gasteiger partial charge in [0.2, 0.25) is 11.7 Å². The van der Waals surface area contributed by atoms with E-state index in [2.05, 4.69) is 27.2 Å². The summed E-state index contributed by atoms with van der Waals surface area (Å²) in [5.74, 6) is 2.48. The number of hydrogen-bond donors (Lipinski definition) is 0. The van der Waals surface area contributed by atoms with E-state index in [1.165, 1.54) is 5.56 Å². The summed E-state index contributed by atoms with van der Waals surface area (Å²) in [6, 6.07) is 17.7. The van der Waals surface area contributed by atoms with Crippen LogP contribution in [0.5, 0.6) is 5.75 Å². The van der Waals surface area contributed by atoms with Gasteiger partial charge in [-0.1, -0.05) is 47.1 Å². The Kier molecular flexibility index (Phi) is 5.18. The summed E-state index contributed by atoms with van der Waals surface area (Å²) in [6.07, 6.45) is 1.11. The fraction of sp³-hybridized carbons (Fsp3) is 0.300. The number of ether oxygens (including phenoxy) is 1. The van der Waals surface area contributed by atoms with Gasteiger partial charge in [-0.2, -0.15) is 4.98 Å². The van der Waals surface area contributed by atoms with Crippen molar-refractivity contribution in [2.75, 3.05) is 13.1 Å². The Morgan fingerprint density at radius 2 is 2.04 bits per heavy atom. The minimum Gasteiger partial charge on any atom is -0.485 e. The van der Waals surface area contributed by atoms with Crippen LogP contribution >= 0.6 is 11.6 Å². The van der Waals surface area contributed by atoms with Crippen molar-refractivity contribution >= 4 is 11.6 Å². The number of para-hydroxylation sites is 1. The Bertz CT molecular complexity index is 853. The van der Waals surface area contributed by atoms with Gasteiger partial charge in [0.25, 0.3) is 0 Å². The van der Waals surface area contributed by atoms with E-state index in [0.29, 0.717) is 30.8 Å². The second-order valence-electron chi connectivity index (χ2n) is 6.48. The lowest BCUT2D eigenvalue weighted by Gasteiger charge is -2.13.